The Labute approximate surface area is 149 Å². The summed E-state index contributed by atoms with van der Waals surface area (Å²) in [6, 6.07) is 13.3. The lowest BCUT2D eigenvalue weighted by Crippen LogP contribution is -2.47. The molecule has 132 valence electrons. The summed E-state index contributed by atoms with van der Waals surface area (Å²) in [5.74, 6) is 1.57. The van der Waals surface area contributed by atoms with E-state index in [-0.39, 0.29) is 6.03 Å². The molecule has 2 aliphatic carbocycles. The molecule has 2 saturated carbocycles. The Kier molecular flexibility index (Phi) is 4.28. The predicted octanol–water partition coefficient (Wildman–Crippen LogP) is 4.32. The molecule has 2 fully saturated rings. The van der Waals surface area contributed by atoms with Crippen LogP contribution in [0.3, 0.4) is 0 Å². The summed E-state index contributed by atoms with van der Waals surface area (Å²) in [6.07, 6.45) is 4.85. The molecular weight excluding hydrogens is 312 g/mol. The minimum atomic E-state index is 0.0942. The van der Waals surface area contributed by atoms with Crippen LogP contribution in [0.5, 0.6) is 5.75 Å². The standard InChI is InChI=1S/C21H26N2O2/c1-14(16-5-6-16)23(19-8-9-19)21(24)22-13-15-3-4-18-12-20(25-2)10-7-17(18)11-15/h3-4,7,10-12,14,16,19H,5-6,8-9,13H2,1-2H3,(H,22,24)/t14-/m1/s1. The van der Waals surface area contributed by atoms with Gasteiger partial charge in [-0.1, -0.05) is 18.2 Å². The maximum atomic E-state index is 12.7. The van der Waals surface area contributed by atoms with E-state index in [1.807, 2.05) is 12.1 Å². The molecule has 0 radical (unpaired) electrons. The first-order valence-electron chi connectivity index (χ1n) is 9.28. The third-order valence-corrected chi connectivity index (χ3v) is 5.47. The molecule has 4 heteroatoms. The number of hydrogen-bond acceptors (Lipinski definition) is 2. The summed E-state index contributed by atoms with van der Waals surface area (Å²) in [5.41, 5.74) is 1.13. The van der Waals surface area contributed by atoms with E-state index in [4.69, 9.17) is 4.74 Å². The largest absolute Gasteiger partial charge is 0.497 e. The molecule has 4 nitrogen and oxygen atoms in total. The van der Waals surface area contributed by atoms with Crippen LogP contribution in [-0.2, 0) is 6.54 Å². The van der Waals surface area contributed by atoms with E-state index < -0.39 is 0 Å². The van der Waals surface area contributed by atoms with Gasteiger partial charge in [0.2, 0.25) is 0 Å². The predicted molar refractivity (Wildman–Crippen MR) is 99.8 cm³/mol. The summed E-state index contributed by atoms with van der Waals surface area (Å²) in [6.45, 7) is 2.78. The van der Waals surface area contributed by atoms with E-state index in [9.17, 15) is 4.79 Å². The zero-order valence-corrected chi connectivity index (χ0v) is 15.0. The van der Waals surface area contributed by atoms with Crippen LogP contribution in [0.15, 0.2) is 36.4 Å². The van der Waals surface area contributed by atoms with Crippen molar-refractivity contribution in [1.82, 2.24) is 10.2 Å². The first-order valence-corrected chi connectivity index (χ1v) is 9.28. The molecule has 1 N–H and O–H groups in total. The first-order chi connectivity index (χ1) is 12.2. The fourth-order valence-corrected chi connectivity index (χ4v) is 3.62. The fourth-order valence-electron chi connectivity index (χ4n) is 3.62. The maximum Gasteiger partial charge on any atom is 0.318 e. The van der Waals surface area contributed by atoms with E-state index in [0.717, 1.165) is 34.9 Å². The van der Waals surface area contributed by atoms with Crippen molar-refractivity contribution in [3.63, 3.8) is 0 Å². The number of nitrogens with zero attached hydrogens (tertiary/aromatic N) is 1. The Morgan fingerprint density at radius 3 is 2.56 bits per heavy atom. The molecule has 2 aromatic carbocycles. The zero-order chi connectivity index (χ0) is 17.4. The van der Waals surface area contributed by atoms with Crippen molar-refractivity contribution in [3.8, 4) is 5.75 Å². The number of rotatable bonds is 6. The molecule has 4 rings (SSSR count). The van der Waals surface area contributed by atoms with E-state index in [0.29, 0.717) is 24.5 Å². The van der Waals surface area contributed by atoms with Crippen LogP contribution in [0.1, 0.15) is 38.2 Å². The number of carbonyl (C=O) groups excluding carboxylic acids is 1. The van der Waals surface area contributed by atoms with Crippen molar-refractivity contribution in [2.75, 3.05) is 7.11 Å². The van der Waals surface area contributed by atoms with Gasteiger partial charge in [0.05, 0.1) is 7.11 Å². The molecule has 0 aromatic heterocycles. The topological polar surface area (TPSA) is 41.6 Å². The van der Waals surface area contributed by atoms with E-state index in [2.05, 4.69) is 41.4 Å². The Balaban J connectivity index is 1.43. The van der Waals surface area contributed by atoms with Gasteiger partial charge in [-0.3, -0.25) is 0 Å². The van der Waals surface area contributed by atoms with Crippen LogP contribution in [0, 0.1) is 5.92 Å². The van der Waals surface area contributed by atoms with Crippen molar-refractivity contribution in [3.05, 3.63) is 42.0 Å². The maximum absolute atomic E-state index is 12.7. The smallest absolute Gasteiger partial charge is 0.318 e. The Hall–Kier alpha value is -2.23. The number of benzene rings is 2. The molecule has 0 aliphatic heterocycles. The van der Waals surface area contributed by atoms with Crippen molar-refractivity contribution in [1.29, 1.82) is 0 Å². The monoisotopic (exact) mass is 338 g/mol. The van der Waals surface area contributed by atoms with E-state index in [1.54, 1.807) is 7.11 Å². The number of urea groups is 1. The number of fused-ring (bicyclic) bond motifs is 1. The molecule has 0 saturated heterocycles. The van der Waals surface area contributed by atoms with Gasteiger partial charge < -0.3 is 15.0 Å². The quantitative estimate of drug-likeness (QED) is 0.852. The molecule has 0 heterocycles. The second-order valence-corrected chi connectivity index (χ2v) is 7.42. The average Bonchev–Trinajstić information content (AvgIpc) is 3.52. The van der Waals surface area contributed by atoms with Crippen LogP contribution < -0.4 is 10.1 Å². The number of nitrogens with one attached hydrogen (secondary N) is 1. The highest BCUT2D eigenvalue weighted by Gasteiger charge is 2.41. The normalized spacial score (nSPS) is 18.0. The Morgan fingerprint density at radius 2 is 1.88 bits per heavy atom. The molecule has 0 unspecified atom stereocenters. The highest BCUT2D eigenvalue weighted by molar-refractivity contribution is 5.84. The van der Waals surface area contributed by atoms with Crippen LogP contribution in [0.2, 0.25) is 0 Å². The van der Waals surface area contributed by atoms with Gasteiger partial charge in [-0.25, -0.2) is 4.79 Å². The van der Waals surface area contributed by atoms with Crippen LogP contribution >= 0.6 is 0 Å². The summed E-state index contributed by atoms with van der Waals surface area (Å²) < 4.78 is 5.27. The summed E-state index contributed by atoms with van der Waals surface area (Å²) in [7, 11) is 1.68. The van der Waals surface area contributed by atoms with E-state index >= 15 is 0 Å². The lowest BCUT2D eigenvalue weighted by atomic mass is 10.1. The van der Waals surface area contributed by atoms with Gasteiger partial charge in [0.1, 0.15) is 5.75 Å². The summed E-state index contributed by atoms with van der Waals surface area (Å²) in [4.78, 5) is 14.8. The lowest BCUT2D eigenvalue weighted by Gasteiger charge is -2.29. The minimum Gasteiger partial charge on any atom is -0.497 e. The molecule has 1 atom stereocenters. The Morgan fingerprint density at radius 1 is 1.16 bits per heavy atom. The highest BCUT2D eigenvalue weighted by atomic mass is 16.5. The van der Waals surface area contributed by atoms with Crippen molar-refractivity contribution in [2.24, 2.45) is 5.92 Å². The van der Waals surface area contributed by atoms with Crippen LogP contribution in [0.4, 0.5) is 4.79 Å². The van der Waals surface area contributed by atoms with Gasteiger partial charge >= 0.3 is 6.03 Å². The van der Waals surface area contributed by atoms with Crippen LogP contribution in [-0.4, -0.2) is 30.1 Å². The van der Waals surface area contributed by atoms with Gasteiger partial charge in [-0.2, -0.15) is 0 Å². The molecule has 0 spiro atoms. The third-order valence-electron chi connectivity index (χ3n) is 5.47. The van der Waals surface area contributed by atoms with Gasteiger partial charge in [0.15, 0.2) is 0 Å². The lowest BCUT2D eigenvalue weighted by molar-refractivity contribution is 0.166. The molecule has 2 aromatic rings. The Bertz CT molecular complexity index is 781. The average molecular weight is 338 g/mol. The SMILES string of the molecule is COc1ccc2cc(CNC(=O)N(C3CC3)[C@H](C)C3CC3)ccc2c1. The second kappa shape index (κ2) is 6.58. The van der Waals surface area contributed by atoms with Gasteiger partial charge in [0, 0.05) is 18.6 Å². The first kappa shape index (κ1) is 16.2. The third kappa shape index (κ3) is 3.58. The molecule has 25 heavy (non-hydrogen) atoms. The summed E-state index contributed by atoms with van der Waals surface area (Å²) >= 11 is 0. The number of amides is 2. The fraction of sp³-hybridized carbons (Fsp3) is 0.476. The summed E-state index contributed by atoms with van der Waals surface area (Å²) in [5, 5.41) is 5.45. The number of carbonyl (C=O) groups is 1. The van der Waals surface area contributed by atoms with Crippen molar-refractivity contribution in [2.45, 2.75) is 51.2 Å². The van der Waals surface area contributed by atoms with Gasteiger partial charge in [0.25, 0.3) is 0 Å². The second-order valence-electron chi connectivity index (χ2n) is 7.42. The molecule has 2 aliphatic rings. The zero-order valence-electron chi connectivity index (χ0n) is 15.0. The van der Waals surface area contributed by atoms with Crippen molar-refractivity contribution >= 4 is 16.8 Å². The number of hydrogen-bond donors (Lipinski definition) is 1. The molecule has 2 amide bonds. The van der Waals surface area contributed by atoms with Crippen molar-refractivity contribution < 1.29 is 9.53 Å². The molecular formula is C21H26N2O2. The molecule has 0 bridgehead atoms. The van der Waals surface area contributed by atoms with Gasteiger partial charge in [-0.15, -0.1) is 0 Å². The number of methoxy groups -OCH3 is 1. The van der Waals surface area contributed by atoms with Crippen LogP contribution in [0.25, 0.3) is 10.8 Å². The minimum absolute atomic E-state index is 0.0942. The number of ether oxygens (including phenoxy) is 1. The van der Waals surface area contributed by atoms with Gasteiger partial charge in [-0.05, 0) is 73.1 Å². The highest BCUT2D eigenvalue weighted by Crippen LogP contribution is 2.39. The van der Waals surface area contributed by atoms with E-state index in [1.165, 1.54) is 12.8 Å².